The molecular weight excluding hydrogens is 506 g/mol. The van der Waals surface area contributed by atoms with Crippen molar-refractivity contribution in [1.29, 1.82) is 0 Å². The number of rotatable bonds is 10. The number of phenolic OH excluding ortho intramolecular Hbond substituents is 1. The van der Waals surface area contributed by atoms with E-state index in [0.29, 0.717) is 13.1 Å². The number of sulfone groups is 1. The molecule has 194 valence electrons. The molecule has 0 aliphatic carbocycles. The zero-order valence-electron chi connectivity index (χ0n) is 20.5. The number of carbonyl (C=O) groups excluding carboxylic acids is 3. The molecule has 2 rings (SSSR count). The van der Waals surface area contributed by atoms with Gasteiger partial charge in [-0.15, -0.1) is 0 Å². The lowest BCUT2D eigenvalue weighted by Gasteiger charge is -2.17. The molecule has 2 aromatic rings. The van der Waals surface area contributed by atoms with Crippen molar-refractivity contribution in [2.45, 2.75) is 44.3 Å². The summed E-state index contributed by atoms with van der Waals surface area (Å²) >= 11 is 6.23. The van der Waals surface area contributed by atoms with Gasteiger partial charge in [-0.25, -0.2) is 8.42 Å². The Bertz CT molecular complexity index is 1260. The molecule has 0 spiro atoms. The van der Waals surface area contributed by atoms with Gasteiger partial charge in [0.25, 0.3) is 0 Å². The number of phenols is 1. The molecule has 0 fully saturated rings. The van der Waals surface area contributed by atoms with Crippen LogP contribution < -0.4 is 10.6 Å². The van der Waals surface area contributed by atoms with Crippen LogP contribution in [0.5, 0.6) is 5.75 Å². The highest BCUT2D eigenvalue weighted by Gasteiger charge is 2.33. The number of hydrogen-bond donors (Lipinski definition) is 3. The third kappa shape index (κ3) is 7.08. The number of benzene rings is 2. The largest absolute Gasteiger partial charge is 0.506 e. The number of nitrogens with zero attached hydrogens (tertiary/aromatic N) is 1. The van der Waals surface area contributed by atoms with Crippen molar-refractivity contribution >= 4 is 50.5 Å². The number of anilines is 2. The van der Waals surface area contributed by atoms with E-state index < -0.39 is 32.7 Å². The Kier molecular flexibility index (Phi) is 10.1. The summed E-state index contributed by atoms with van der Waals surface area (Å²) in [7, 11) is -3.97. The first kappa shape index (κ1) is 28.9. The monoisotopic (exact) mass is 535 g/mol. The first-order chi connectivity index (χ1) is 16.9. The predicted octanol–water partition coefficient (Wildman–Crippen LogP) is 3.91. The molecule has 1 unspecified atom stereocenters. The average molecular weight is 536 g/mol. The third-order valence-corrected chi connectivity index (χ3v) is 7.98. The highest BCUT2D eigenvalue weighted by molar-refractivity contribution is 7.92. The van der Waals surface area contributed by atoms with Gasteiger partial charge < -0.3 is 20.6 Å². The Labute approximate surface area is 216 Å². The first-order valence-corrected chi connectivity index (χ1v) is 13.3. The van der Waals surface area contributed by atoms with Gasteiger partial charge in [-0.2, -0.15) is 0 Å². The van der Waals surface area contributed by atoms with E-state index in [-0.39, 0.29) is 33.6 Å². The van der Waals surface area contributed by atoms with E-state index in [9.17, 15) is 27.9 Å². The first-order valence-electron chi connectivity index (χ1n) is 11.4. The van der Waals surface area contributed by atoms with Crippen LogP contribution in [0, 0.1) is 6.92 Å². The van der Waals surface area contributed by atoms with E-state index in [4.69, 9.17) is 11.6 Å². The second kappa shape index (κ2) is 12.5. The topological polar surface area (TPSA) is 133 Å². The summed E-state index contributed by atoms with van der Waals surface area (Å²) in [5.41, 5.74) is 0.802. The highest BCUT2D eigenvalue weighted by Crippen LogP contribution is 2.34. The lowest BCUT2D eigenvalue weighted by atomic mass is 10.2. The van der Waals surface area contributed by atoms with Gasteiger partial charge in [0.05, 0.1) is 21.3 Å². The van der Waals surface area contributed by atoms with Gasteiger partial charge in [0.1, 0.15) is 11.0 Å². The zero-order valence-corrected chi connectivity index (χ0v) is 22.1. The number of nitrogens with one attached hydrogen (secondary N) is 2. The minimum absolute atomic E-state index is 0.0122. The smallest absolute Gasteiger partial charge is 0.248 e. The summed E-state index contributed by atoms with van der Waals surface area (Å²) in [5.74, 6) is -2.23. The molecule has 9 nitrogen and oxygen atoms in total. The van der Waals surface area contributed by atoms with Crippen LogP contribution in [0.15, 0.2) is 53.4 Å². The summed E-state index contributed by atoms with van der Waals surface area (Å²) < 4.78 is 26.0. The normalized spacial score (nSPS) is 12.2. The number of aromatic hydroxyl groups is 1. The zero-order chi connectivity index (χ0) is 27.0. The van der Waals surface area contributed by atoms with Crippen molar-refractivity contribution in [1.82, 2.24) is 4.90 Å². The number of halogens is 1. The Morgan fingerprint density at radius 3 is 2.17 bits per heavy atom. The van der Waals surface area contributed by atoms with Gasteiger partial charge in [-0.1, -0.05) is 36.2 Å². The molecule has 3 N–H and O–H groups in total. The van der Waals surface area contributed by atoms with Gasteiger partial charge >= 0.3 is 0 Å². The third-order valence-electron chi connectivity index (χ3n) is 5.44. The molecule has 0 saturated carbocycles. The van der Waals surface area contributed by atoms with Gasteiger partial charge in [-0.05, 0) is 45.4 Å². The lowest BCUT2D eigenvalue weighted by molar-refractivity contribution is -0.126. The second-order valence-corrected chi connectivity index (χ2v) is 10.5. The molecule has 2 aromatic carbocycles. The number of carbonyl (C=O) groups is 3. The average Bonchev–Trinajstić information content (AvgIpc) is 2.82. The van der Waals surface area contributed by atoms with Gasteiger partial charge in [-0.3, -0.25) is 14.4 Å². The highest BCUT2D eigenvalue weighted by atomic mass is 35.5. The summed E-state index contributed by atoms with van der Waals surface area (Å²) in [6.45, 7) is 8.02. The summed E-state index contributed by atoms with van der Waals surface area (Å²) in [6.07, 6.45) is 2.17. The number of amides is 3. The maximum Gasteiger partial charge on any atom is 0.248 e. The number of hydrogen-bond acceptors (Lipinski definition) is 6. The summed E-state index contributed by atoms with van der Waals surface area (Å²) in [5, 5.41) is 13.8. The van der Waals surface area contributed by atoms with E-state index >= 15 is 0 Å². The molecule has 11 heteroatoms. The van der Waals surface area contributed by atoms with Crippen LogP contribution >= 0.6 is 11.6 Å². The minimum Gasteiger partial charge on any atom is -0.506 e. The van der Waals surface area contributed by atoms with Crippen molar-refractivity contribution in [3.05, 3.63) is 59.1 Å². The van der Waals surface area contributed by atoms with Crippen molar-refractivity contribution in [3.8, 4) is 5.75 Å². The van der Waals surface area contributed by atoms with Gasteiger partial charge in [0.15, 0.2) is 9.84 Å². The Balaban J connectivity index is 2.18. The Morgan fingerprint density at radius 1 is 1.00 bits per heavy atom. The predicted molar refractivity (Wildman–Crippen MR) is 140 cm³/mol. The summed E-state index contributed by atoms with van der Waals surface area (Å²) in [4.78, 5) is 38.6. The van der Waals surface area contributed by atoms with Crippen LogP contribution in [-0.2, 0) is 24.2 Å². The second-order valence-electron chi connectivity index (χ2n) is 7.93. The molecule has 0 bridgehead atoms. The van der Waals surface area contributed by atoms with Crippen LogP contribution in [0.3, 0.4) is 0 Å². The van der Waals surface area contributed by atoms with E-state index in [2.05, 4.69) is 10.6 Å². The molecule has 0 saturated heterocycles. The lowest BCUT2D eigenvalue weighted by Crippen LogP contribution is -2.34. The fraction of sp³-hybridized carbons (Fsp3) is 0.320. The van der Waals surface area contributed by atoms with Gasteiger partial charge in [0.2, 0.25) is 17.7 Å². The molecule has 0 aromatic heterocycles. The van der Waals surface area contributed by atoms with Crippen LogP contribution in [0.1, 0.15) is 32.8 Å². The van der Waals surface area contributed by atoms with Crippen molar-refractivity contribution < 1.29 is 27.9 Å². The quantitative estimate of drug-likeness (QED) is 0.312. The number of aryl methyl sites for hydroxylation is 1. The fourth-order valence-corrected chi connectivity index (χ4v) is 5.21. The van der Waals surface area contributed by atoms with Crippen molar-refractivity contribution in [3.63, 3.8) is 0 Å². The van der Waals surface area contributed by atoms with Crippen LogP contribution in [-0.4, -0.2) is 54.5 Å². The standard InChI is InChI=1S/C25H30ClN3O6S/c1-5-22(36(34,35)17-10-8-16(4)9-11-17)25(33)28-19-15-21(30)20(14-18(19)26)27-23(31)12-13-24(32)29(6-2)7-3/h8-15,22,30H,5-7H2,1-4H3,(H,27,31)(H,28,33)/b13-12+. The Morgan fingerprint density at radius 2 is 1.61 bits per heavy atom. The minimum atomic E-state index is -3.97. The fourth-order valence-electron chi connectivity index (χ4n) is 3.37. The summed E-state index contributed by atoms with van der Waals surface area (Å²) in [6, 6.07) is 8.50. The SMILES string of the molecule is CCC(C(=O)Nc1cc(O)c(NC(=O)/C=C/C(=O)N(CC)CC)cc1Cl)S(=O)(=O)c1ccc(C)cc1. The molecule has 36 heavy (non-hydrogen) atoms. The molecule has 0 aliphatic rings. The van der Waals surface area contributed by atoms with Crippen LogP contribution in [0.4, 0.5) is 11.4 Å². The molecular formula is C25H30ClN3O6S. The molecule has 3 amide bonds. The molecule has 0 aliphatic heterocycles. The van der Waals surface area contributed by atoms with Crippen LogP contribution in [0.2, 0.25) is 5.02 Å². The number of likely N-dealkylation sites (N-methyl/N-ethyl adjacent to an activating group) is 1. The molecule has 1 atom stereocenters. The van der Waals surface area contributed by atoms with Crippen molar-refractivity contribution in [2.75, 3.05) is 23.7 Å². The van der Waals surface area contributed by atoms with E-state index in [1.54, 1.807) is 19.1 Å². The van der Waals surface area contributed by atoms with Crippen molar-refractivity contribution in [2.24, 2.45) is 0 Å². The molecule has 0 radical (unpaired) electrons. The maximum absolute atomic E-state index is 13.0. The maximum atomic E-state index is 13.0. The molecule has 0 heterocycles. The van der Waals surface area contributed by atoms with E-state index in [1.165, 1.54) is 23.1 Å². The Hall–Kier alpha value is -3.37. The van der Waals surface area contributed by atoms with Crippen LogP contribution in [0.25, 0.3) is 0 Å². The van der Waals surface area contributed by atoms with Gasteiger partial charge in [0, 0.05) is 31.3 Å². The van der Waals surface area contributed by atoms with E-state index in [0.717, 1.165) is 23.8 Å². The van der Waals surface area contributed by atoms with E-state index in [1.807, 2.05) is 20.8 Å².